The zero-order valence-corrected chi connectivity index (χ0v) is 19.4. The van der Waals surface area contributed by atoms with E-state index in [-0.39, 0.29) is 51.4 Å². The van der Waals surface area contributed by atoms with E-state index in [0.29, 0.717) is 25.7 Å². The minimum atomic E-state index is -4.24. The molecule has 134 valence electrons. The van der Waals surface area contributed by atoms with Crippen LogP contribution in [0.15, 0.2) is 0 Å². The summed E-state index contributed by atoms with van der Waals surface area (Å²) in [5, 5.41) is 9.09. The van der Waals surface area contributed by atoms with E-state index in [9.17, 15) is 18.1 Å². The number of hydrogen-bond acceptors (Lipinski definition) is 4. The van der Waals surface area contributed by atoms with E-state index in [2.05, 4.69) is 13.8 Å². The quantitative estimate of drug-likeness (QED) is 0.267. The Morgan fingerprint density at radius 2 is 1.26 bits per heavy atom. The third-order valence-corrected chi connectivity index (χ3v) is 5.54. The predicted molar refractivity (Wildman–Crippen MR) is 90.9 cm³/mol. The average Bonchev–Trinajstić information content (AvgIpc) is 2.45. The Labute approximate surface area is 186 Å². The molecule has 0 aromatic rings. The van der Waals surface area contributed by atoms with Crippen molar-refractivity contribution in [3.8, 4) is 0 Å². The van der Waals surface area contributed by atoms with Crippen molar-refractivity contribution in [2.45, 2.75) is 109 Å². The average molecular weight is 375 g/mol. The van der Waals surface area contributed by atoms with Crippen molar-refractivity contribution in [3.05, 3.63) is 0 Å². The molecule has 0 aromatic carbocycles. The van der Waals surface area contributed by atoms with Crippen LogP contribution in [0.5, 0.6) is 0 Å². The molecule has 0 saturated carbocycles. The zero-order valence-electron chi connectivity index (χ0n) is 15.4. The van der Waals surface area contributed by atoms with Crippen LogP contribution in [0.2, 0.25) is 0 Å². The van der Waals surface area contributed by atoms with Crippen LogP contribution in [0, 0.1) is 0 Å². The molecular weight excluding hydrogens is 339 g/mol. The van der Waals surface area contributed by atoms with Crippen LogP contribution in [0.4, 0.5) is 0 Å². The smallest absolute Gasteiger partial charge is 0.748 e. The van der Waals surface area contributed by atoms with Crippen LogP contribution in [0.25, 0.3) is 0 Å². The van der Waals surface area contributed by atoms with Crippen LogP contribution < -0.4 is 51.4 Å². The van der Waals surface area contributed by atoms with Gasteiger partial charge in [-0.1, -0.05) is 71.6 Å². The second kappa shape index (κ2) is 16.9. The third-order valence-electron chi connectivity index (χ3n) is 4.25. The minimum absolute atomic E-state index is 0. The minimum Gasteiger partial charge on any atom is -0.748 e. The molecule has 0 radical (unpaired) electrons. The van der Waals surface area contributed by atoms with Gasteiger partial charge in [-0.15, -0.1) is 0 Å². The Kier molecular flexibility index (Phi) is 19.7. The topological polar surface area (TPSA) is 77.4 Å². The van der Waals surface area contributed by atoms with Gasteiger partial charge in [0.1, 0.15) is 0 Å². The van der Waals surface area contributed by atoms with Gasteiger partial charge in [-0.25, -0.2) is 8.42 Å². The SMILES string of the molecule is CCCCCCCC(CCC(O)CCCCCC)S(=O)(=O)[O-].[K+]. The molecule has 0 aliphatic rings. The van der Waals surface area contributed by atoms with Crippen LogP contribution in [-0.2, 0) is 10.1 Å². The summed E-state index contributed by atoms with van der Waals surface area (Å²) in [6.45, 7) is 4.27. The molecule has 2 unspecified atom stereocenters. The van der Waals surface area contributed by atoms with Gasteiger partial charge in [0.15, 0.2) is 0 Å². The first-order chi connectivity index (χ1) is 10.4. The first-order valence-corrected chi connectivity index (χ1v) is 10.5. The Balaban J connectivity index is 0. The molecule has 0 spiro atoms. The third kappa shape index (κ3) is 16.7. The molecule has 0 aliphatic heterocycles. The largest absolute Gasteiger partial charge is 1.00 e. The second-order valence-electron chi connectivity index (χ2n) is 6.40. The molecule has 0 fully saturated rings. The predicted octanol–water partition coefficient (Wildman–Crippen LogP) is 1.38. The van der Waals surface area contributed by atoms with E-state index in [1.165, 1.54) is 6.42 Å². The molecule has 0 aliphatic carbocycles. The summed E-state index contributed by atoms with van der Waals surface area (Å²) >= 11 is 0. The van der Waals surface area contributed by atoms with Gasteiger partial charge in [-0.3, -0.25) is 0 Å². The molecule has 0 heterocycles. The maximum absolute atomic E-state index is 11.3. The maximum atomic E-state index is 11.3. The van der Waals surface area contributed by atoms with E-state index in [4.69, 9.17) is 0 Å². The molecule has 0 bridgehead atoms. The summed E-state index contributed by atoms with van der Waals surface area (Å²) in [4.78, 5) is 0. The van der Waals surface area contributed by atoms with Crippen molar-refractivity contribution in [2.75, 3.05) is 0 Å². The van der Waals surface area contributed by atoms with E-state index < -0.39 is 21.5 Å². The van der Waals surface area contributed by atoms with Crippen LogP contribution >= 0.6 is 0 Å². The summed E-state index contributed by atoms with van der Waals surface area (Å²) < 4.78 is 34.0. The normalized spacial score (nSPS) is 14.3. The molecule has 23 heavy (non-hydrogen) atoms. The van der Waals surface area contributed by atoms with Crippen molar-refractivity contribution in [1.29, 1.82) is 0 Å². The summed E-state index contributed by atoms with van der Waals surface area (Å²) in [5.41, 5.74) is 0. The number of aliphatic hydroxyl groups excluding tert-OH is 1. The standard InChI is InChI=1S/C17H36O4S.K/c1-3-5-7-9-11-13-17(22(19,20)21)15-14-16(18)12-10-8-6-4-2;/h16-18H,3-15H2,1-2H3,(H,19,20,21);/q;+1/p-1. The first kappa shape index (κ1) is 26.7. The summed E-state index contributed by atoms with van der Waals surface area (Å²) in [6, 6.07) is 0. The van der Waals surface area contributed by atoms with Crippen molar-refractivity contribution in [3.63, 3.8) is 0 Å². The second-order valence-corrected chi connectivity index (χ2v) is 8.05. The van der Waals surface area contributed by atoms with E-state index >= 15 is 0 Å². The monoisotopic (exact) mass is 374 g/mol. The molecular formula is C17H35KO4S. The van der Waals surface area contributed by atoms with Gasteiger partial charge in [-0.05, 0) is 25.7 Å². The summed E-state index contributed by atoms with van der Waals surface area (Å²) in [5.74, 6) is 0. The summed E-state index contributed by atoms with van der Waals surface area (Å²) in [6.07, 6.45) is 11.0. The Morgan fingerprint density at radius 1 is 0.783 bits per heavy atom. The van der Waals surface area contributed by atoms with Crippen molar-refractivity contribution in [1.82, 2.24) is 0 Å². The van der Waals surface area contributed by atoms with Gasteiger partial charge < -0.3 is 9.66 Å². The molecule has 4 nitrogen and oxygen atoms in total. The Bertz CT molecular complexity index is 347. The maximum Gasteiger partial charge on any atom is 1.00 e. The van der Waals surface area contributed by atoms with Gasteiger partial charge in [0.2, 0.25) is 0 Å². The van der Waals surface area contributed by atoms with E-state index in [0.717, 1.165) is 51.4 Å². The van der Waals surface area contributed by atoms with Crippen molar-refractivity contribution in [2.24, 2.45) is 0 Å². The fourth-order valence-electron chi connectivity index (χ4n) is 2.74. The fourth-order valence-corrected chi connectivity index (χ4v) is 3.62. The van der Waals surface area contributed by atoms with E-state index in [1.807, 2.05) is 0 Å². The Morgan fingerprint density at radius 3 is 1.78 bits per heavy atom. The molecule has 2 atom stereocenters. The number of aliphatic hydroxyl groups is 1. The number of rotatable bonds is 15. The molecule has 1 N–H and O–H groups in total. The van der Waals surface area contributed by atoms with Crippen molar-refractivity contribution < 1.29 is 69.5 Å². The Hall–Kier alpha value is 1.51. The first-order valence-electron chi connectivity index (χ1n) is 9.04. The molecule has 0 aromatic heterocycles. The van der Waals surface area contributed by atoms with Crippen LogP contribution in [0.1, 0.15) is 97.3 Å². The van der Waals surface area contributed by atoms with Gasteiger partial charge in [0, 0.05) is 5.25 Å². The van der Waals surface area contributed by atoms with E-state index in [1.54, 1.807) is 0 Å². The van der Waals surface area contributed by atoms with Gasteiger partial charge in [0.25, 0.3) is 0 Å². The van der Waals surface area contributed by atoms with Gasteiger partial charge in [0.05, 0.1) is 16.2 Å². The van der Waals surface area contributed by atoms with Crippen LogP contribution in [-0.4, -0.2) is 29.4 Å². The molecule has 0 saturated heterocycles. The van der Waals surface area contributed by atoms with Crippen LogP contribution in [0.3, 0.4) is 0 Å². The fraction of sp³-hybridized carbons (Fsp3) is 1.00. The molecule has 6 heteroatoms. The zero-order chi connectivity index (χ0) is 16.8. The number of hydrogen-bond donors (Lipinski definition) is 1. The van der Waals surface area contributed by atoms with Gasteiger partial charge >= 0.3 is 51.4 Å². The number of unbranched alkanes of at least 4 members (excludes halogenated alkanes) is 7. The van der Waals surface area contributed by atoms with Crippen molar-refractivity contribution >= 4 is 10.1 Å². The molecule has 0 rings (SSSR count). The van der Waals surface area contributed by atoms with Gasteiger partial charge in [-0.2, -0.15) is 0 Å². The molecule has 0 amide bonds. The summed E-state index contributed by atoms with van der Waals surface area (Å²) in [7, 11) is -4.24.